The Kier molecular flexibility index (Phi) is 3.23. The van der Waals surface area contributed by atoms with Crippen LogP contribution in [0.3, 0.4) is 0 Å². The zero-order chi connectivity index (χ0) is 12.3. The van der Waals surface area contributed by atoms with E-state index in [2.05, 4.69) is 24.2 Å². The van der Waals surface area contributed by atoms with Gasteiger partial charge in [-0.2, -0.15) is 5.10 Å². The number of benzene rings is 1. The summed E-state index contributed by atoms with van der Waals surface area (Å²) in [5.41, 5.74) is 7.74. The van der Waals surface area contributed by atoms with E-state index in [1.54, 1.807) is 0 Å². The van der Waals surface area contributed by atoms with Gasteiger partial charge in [0.25, 0.3) is 5.56 Å². The minimum Gasteiger partial charge on any atom is -0.382 e. The SMILES string of the molecule is CCc1ccc(Cn2nc(N)ccc2=O)cc1. The van der Waals surface area contributed by atoms with Crippen molar-refractivity contribution in [1.82, 2.24) is 9.78 Å². The van der Waals surface area contributed by atoms with Gasteiger partial charge in [-0.1, -0.05) is 31.2 Å². The van der Waals surface area contributed by atoms with Crippen LogP contribution in [0.5, 0.6) is 0 Å². The molecule has 0 spiro atoms. The molecule has 0 radical (unpaired) electrons. The average molecular weight is 229 g/mol. The number of nitrogens with zero attached hydrogens (tertiary/aromatic N) is 2. The van der Waals surface area contributed by atoms with Gasteiger partial charge in [0, 0.05) is 6.07 Å². The zero-order valence-electron chi connectivity index (χ0n) is 9.76. The minimum atomic E-state index is -0.140. The third-order valence-electron chi connectivity index (χ3n) is 2.65. The zero-order valence-corrected chi connectivity index (χ0v) is 9.76. The fourth-order valence-electron chi connectivity index (χ4n) is 1.63. The molecule has 0 unspecified atom stereocenters. The van der Waals surface area contributed by atoms with Gasteiger partial charge in [0.05, 0.1) is 6.54 Å². The molecule has 2 aromatic rings. The molecule has 0 saturated heterocycles. The van der Waals surface area contributed by atoms with Gasteiger partial charge < -0.3 is 5.73 Å². The fraction of sp³-hybridized carbons (Fsp3) is 0.231. The molecule has 1 aromatic heterocycles. The van der Waals surface area contributed by atoms with Crippen molar-refractivity contribution < 1.29 is 0 Å². The normalized spacial score (nSPS) is 10.4. The van der Waals surface area contributed by atoms with E-state index in [1.807, 2.05) is 12.1 Å². The molecule has 0 amide bonds. The number of hydrogen-bond acceptors (Lipinski definition) is 3. The minimum absolute atomic E-state index is 0.140. The van der Waals surface area contributed by atoms with Crippen LogP contribution in [0.2, 0.25) is 0 Å². The van der Waals surface area contributed by atoms with Crippen molar-refractivity contribution in [1.29, 1.82) is 0 Å². The second kappa shape index (κ2) is 4.82. The molecular weight excluding hydrogens is 214 g/mol. The molecule has 2 N–H and O–H groups in total. The number of aryl methyl sites for hydroxylation is 1. The summed E-state index contributed by atoms with van der Waals surface area (Å²) in [4.78, 5) is 11.5. The van der Waals surface area contributed by atoms with E-state index in [9.17, 15) is 4.79 Å². The Morgan fingerprint density at radius 2 is 1.76 bits per heavy atom. The highest BCUT2D eigenvalue weighted by Crippen LogP contribution is 2.05. The molecule has 0 bridgehead atoms. The highest BCUT2D eigenvalue weighted by molar-refractivity contribution is 5.25. The number of rotatable bonds is 3. The Balaban J connectivity index is 2.25. The Morgan fingerprint density at radius 3 is 2.41 bits per heavy atom. The summed E-state index contributed by atoms with van der Waals surface area (Å²) in [6, 6.07) is 11.1. The molecule has 4 nitrogen and oxygen atoms in total. The van der Waals surface area contributed by atoms with Crippen LogP contribution in [0, 0.1) is 0 Å². The van der Waals surface area contributed by atoms with Crippen LogP contribution in [0.1, 0.15) is 18.1 Å². The summed E-state index contributed by atoms with van der Waals surface area (Å²) in [5, 5.41) is 3.99. The average Bonchev–Trinajstić information content (AvgIpc) is 2.35. The summed E-state index contributed by atoms with van der Waals surface area (Å²) >= 11 is 0. The van der Waals surface area contributed by atoms with Crippen LogP contribution in [0.4, 0.5) is 5.82 Å². The molecule has 0 saturated carbocycles. The van der Waals surface area contributed by atoms with Gasteiger partial charge in [-0.3, -0.25) is 4.79 Å². The molecule has 0 aliphatic carbocycles. The van der Waals surface area contributed by atoms with Gasteiger partial charge in [0.2, 0.25) is 0 Å². The van der Waals surface area contributed by atoms with Crippen LogP contribution < -0.4 is 11.3 Å². The molecule has 88 valence electrons. The summed E-state index contributed by atoms with van der Waals surface area (Å²) in [7, 11) is 0. The first-order valence-electron chi connectivity index (χ1n) is 5.60. The smallest absolute Gasteiger partial charge is 0.267 e. The summed E-state index contributed by atoms with van der Waals surface area (Å²) in [6.07, 6.45) is 1.01. The summed E-state index contributed by atoms with van der Waals surface area (Å²) in [6.45, 7) is 2.56. The number of hydrogen-bond donors (Lipinski definition) is 1. The Bertz CT molecular complexity index is 558. The van der Waals surface area contributed by atoms with Gasteiger partial charge in [0.1, 0.15) is 5.82 Å². The maximum Gasteiger partial charge on any atom is 0.267 e. The van der Waals surface area contributed by atoms with E-state index in [0.29, 0.717) is 12.4 Å². The highest BCUT2D eigenvalue weighted by Gasteiger charge is 2.00. The van der Waals surface area contributed by atoms with Gasteiger partial charge in [-0.05, 0) is 23.6 Å². The van der Waals surface area contributed by atoms with Crippen LogP contribution in [-0.4, -0.2) is 9.78 Å². The van der Waals surface area contributed by atoms with Gasteiger partial charge in [-0.15, -0.1) is 0 Å². The van der Waals surface area contributed by atoms with E-state index < -0.39 is 0 Å². The predicted molar refractivity (Wildman–Crippen MR) is 67.8 cm³/mol. The number of anilines is 1. The third-order valence-corrected chi connectivity index (χ3v) is 2.65. The van der Waals surface area contributed by atoms with Crippen LogP contribution in [0.25, 0.3) is 0 Å². The summed E-state index contributed by atoms with van der Waals surface area (Å²) in [5.74, 6) is 0.356. The highest BCUT2D eigenvalue weighted by atomic mass is 16.1. The Morgan fingerprint density at radius 1 is 1.12 bits per heavy atom. The molecule has 0 aliphatic rings. The molecule has 0 aliphatic heterocycles. The fourth-order valence-corrected chi connectivity index (χ4v) is 1.63. The summed E-state index contributed by atoms with van der Waals surface area (Å²) < 4.78 is 1.37. The lowest BCUT2D eigenvalue weighted by Crippen LogP contribution is -2.23. The molecule has 1 aromatic carbocycles. The van der Waals surface area contributed by atoms with E-state index >= 15 is 0 Å². The van der Waals surface area contributed by atoms with E-state index in [0.717, 1.165) is 12.0 Å². The maximum atomic E-state index is 11.5. The molecule has 0 atom stereocenters. The Hall–Kier alpha value is -2.10. The van der Waals surface area contributed by atoms with E-state index in [-0.39, 0.29) is 5.56 Å². The first kappa shape index (κ1) is 11.4. The van der Waals surface area contributed by atoms with Crippen molar-refractivity contribution in [2.24, 2.45) is 0 Å². The lowest BCUT2D eigenvalue weighted by molar-refractivity contribution is 0.644. The standard InChI is InChI=1S/C13H15N3O/c1-2-10-3-5-11(6-4-10)9-16-13(17)8-7-12(14)15-16/h3-8H,2,9H2,1H3,(H2,14,15). The number of aromatic nitrogens is 2. The van der Waals surface area contributed by atoms with Crippen molar-refractivity contribution >= 4 is 5.82 Å². The number of nitrogen functional groups attached to an aromatic ring is 1. The Labute approximate surface area is 99.7 Å². The molecule has 0 fully saturated rings. The first-order valence-corrected chi connectivity index (χ1v) is 5.60. The molecule has 4 heteroatoms. The maximum absolute atomic E-state index is 11.5. The molecule has 1 heterocycles. The van der Waals surface area contributed by atoms with Crippen LogP contribution in [-0.2, 0) is 13.0 Å². The monoisotopic (exact) mass is 229 g/mol. The molecule has 2 rings (SSSR count). The van der Waals surface area contributed by atoms with E-state index in [4.69, 9.17) is 5.73 Å². The van der Waals surface area contributed by atoms with Crippen LogP contribution in [0.15, 0.2) is 41.2 Å². The molecular formula is C13H15N3O. The second-order valence-electron chi connectivity index (χ2n) is 3.92. The topological polar surface area (TPSA) is 60.9 Å². The second-order valence-corrected chi connectivity index (χ2v) is 3.92. The third kappa shape index (κ3) is 2.72. The van der Waals surface area contributed by atoms with Crippen molar-refractivity contribution in [2.45, 2.75) is 19.9 Å². The van der Waals surface area contributed by atoms with Crippen molar-refractivity contribution in [3.8, 4) is 0 Å². The predicted octanol–water partition coefficient (Wildman–Crippen LogP) is 1.44. The quantitative estimate of drug-likeness (QED) is 0.866. The largest absolute Gasteiger partial charge is 0.382 e. The lowest BCUT2D eigenvalue weighted by Gasteiger charge is -2.05. The van der Waals surface area contributed by atoms with E-state index in [1.165, 1.54) is 22.4 Å². The number of nitrogens with two attached hydrogens (primary N) is 1. The first-order chi connectivity index (χ1) is 8.19. The van der Waals surface area contributed by atoms with Gasteiger partial charge in [0.15, 0.2) is 0 Å². The van der Waals surface area contributed by atoms with Crippen molar-refractivity contribution in [2.75, 3.05) is 5.73 Å². The van der Waals surface area contributed by atoms with Gasteiger partial charge >= 0.3 is 0 Å². The molecule has 17 heavy (non-hydrogen) atoms. The van der Waals surface area contributed by atoms with Crippen LogP contribution >= 0.6 is 0 Å². The van der Waals surface area contributed by atoms with Gasteiger partial charge in [-0.25, -0.2) is 4.68 Å². The van der Waals surface area contributed by atoms with Crippen molar-refractivity contribution in [3.63, 3.8) is 0 Å². The van der Waals surface area contributed by atoms with Crippen molar-refractivity contribution in [3.05, 3.63) is 57.9 Å². The lowest BCUT2D eigenvalue weighted by atomic mass is 10.1.